The van der Waals surface area contributed by atoms with E-state index in [-0.39, 0.29) is 23.2 Å². The van der Waals surface area contributed by atoms with Crippen molar-refractivity contribution in [3.05, 3.63) is 29.3 Å². The predicted octanol–water partition coefficient (Wildman–Crippen LogP) is 3.41. The van der Waals surface area contributed by atoms with Crippen LogP contribution in [-0.4, -0.2) is 29.9 Å². The number of piperidine rings is 1. The Labute approximate surface area is 123 Å². The normalized spacial score (nSPS) is 23.7. The fourth-order valence-electron chi connectivity index (χ4n) is 3.45. The maximum Gasteiger partial charge on any atom is 0.254 e. The van der Waals surface area contributed by atoms with Gasteiger partial charge in [0.15, 0.2) is 0 Å². The molecule has 5 heteroatoms. The molecule has 1 N–H and O–H groups in total. The molecule has 0 spiro atoms. The number of likely N-dealkylation sites (tertiary alicyclic amines) is 1. The van der Waals surface area contributed by atoms with E-state index in [1.54, 1.807) is 4.90 Å². The second-order valence-electron chi connectivity index (χ2n) is 6.03. The number of rotatable bonds is 4. The molecule has 1 aliphatic carbocycles. The monoisotopic (exact) mass is 294 g/mol. The molecule has 1 saturated heterocycles. The molecule has 3 rings (SSSR count). The Bertz CT molecular complexity index is 538. The molecule has 1 aromatic carbocycles. The summed E-state index contributed by atoms with van der Waals surface area (Å²) in [4.78, 5) is 14.2. The molecule has 2 fully saturated rings. The number of hydrogen-bond donors (Lipinski definition) is 1. The minimum atomic E-state index is -0.698. The Hall–Kier alpha value is -1.65. The van der Waals surface area contributed by atoms with E-state index in [2.05, 4.69) is 5.32 Å². The van der Waals surface area contributed by atoms with Gasteiger partial charge in [0.2, 0.25) is 0 Å². The van der Waals surface area contributed by atoms with Crippen LogP contribution < -0.4 is 5.32 Å². The van der Waals surface area contributed by atoms with E-state index in [0.717, 1.165) is 44.4 Å². The van der Waals surface area contributed by atoms with Gasteiger partial charge in [-0.3, -0.25) is 4.79 Å². The maximum atomic E-state index is 14.0. The van der Waals surface area contributed by atoms with Crippen LogP contribution in [0.15, 0.2) is 12.1 Å². The number of anilines is 1. The number of nitrogens with one attached hydrogen (secondary N) is 1. The number of nitrogens with zero attached hydrogens (tertiary/aromatic N) is 1. The average molecular weight is 294 g/mol. The lowest BCUT2D eigenvalue weighted by Gasteiger charge is -2.27. The van der Waals surface area contributed by atoms with Crippen molar-refractivity contribution in [2.24, 2.45) is 5.92 Å². The number of halogens is 2. The highest BCUT2D eigenvalue weighted by Crippen LogP contribution is 2.38. The smallest absolute Gasteiger partial charge is 0.254 e. The van der Waals surface area contributed by atoms with E-state index in [4.69, 9.17) is 0 Å². The van der Waals surface area contributed by atoms with Crippen molar-refractivity contribution in [2.75, 3.05) is 18.4 Å². The third kappa shape index (κ3) is 2.61. The molecule has 0 radical (unpaired) electrons. The Morgan fingerprint density at radius 2 is 2.05 bits per heavy atom. The highest BCUT2D eigenvalue weighted by atomic mass is 19.1. The van der Waals surface area contributed by atoms with Crippen LogP contribution in [0.5, 0.6) is 0 Å². The van der Waals surface area contributed by atoms with Crippen molar-refractivity contribution in [3.8, 4) is 0 Å². The van der Waals surface area contributed by atoms with Crippen molar-refractivity contribution in [1.82, 2.24) is 4.90 Å². The van der Waals surface area contributed by atoms with Gasteiger partial charge < -0.3 is 10.2 Å². The fraction of sp³-hybridized carbons (Fsp3) is 0.562. The highest BCUT2D eigenvalue weighted by Gasteiger charge is 2.40. The first-order valence-corrected chi connectivity index (χ1v) is 7.64. The number of carbonyl (C=O) groups is 1. The van der Waals surface area contributed by atoms with E-state index in [1.807, 2.05) is 6.92 Å². The van der Waals surface area contributed by atoms with Gasteiger partial charge in [0.1, 0.15) is 17.3 Å². The first kappa shape index (κ1) is 14.3. The van der Waals surface area contributed by atoms with Crippen LogP contribution in [0.4, 0.5) is 14.5 Å². The van der Waals surface area contributed by atoms with Gasteiger partial charge in [-0.1, -0.05) is 6.92 Å². The summed E-state index contributed by atoms with van der Waals surface area (Å²) in [6.45, 7) is 3.14. The molecule has 1 aromatic rings. The molecule has 0 aromatic heterocycles. The number of amides is 1. The lowest BCUT2D eigenvalue weighted by atomic mass is 10.1. The molecule has 1 heterocycles. The van der Waals surface area contributed by atoms with Crippen molar-refractivity contribution in [2.45, 2.75) is 38.6 Å². The standard InChI is InChI=1S/C16H20F2N2O/c1-2-5-19-15-13(17)7-11(8-14(15)18)16(21)20-9-10-3-4-12(20)6-10/h7-8,10,12,19H,2-6,9H2,1H3. The van der Waals surface area contributed by atoms with Gasteiger partial charge in [-0.05, 0) is 43.7 Å². The fourth-order valence-corrected chi connectivity index (χ4v) is 3.45. The van der Waals surface area contributed by atoms with E-state index in [9.17, 15) is 13.6 Å². The second kappa shape index (κ2) is 5.62. The highest BCUT2D eigenvalue weighted by molar-refractivity contribution is 5.95. The van der Waals surface area contributed by atoms with E-state index in [0.29, 0.717) is 12.5 Å². The van der Waals surface area contributed by atoms with Gasteiger partial charge in [-0.15, -0.1) is 0 Å². The first-order valence-electron chi connectivity index (χ1n) is 7.64. The molecular weight excluding hydrogens is 274 g/mol. The predicted molar refractivity (Wildman–Crippen MR) is 77.3 cm³/mol. The van der Waals surface area contributed by atoms with Crippen LogP contribution in [0.2, 0.25) is 0 Å². The third-order valence-corrected chi connectivity index (χ3v) is 4.51. The van der Waals surface area contributed by atoms with Crippen molar-refractivity contribution >= 4 is 11.6 Å². The Kier molecular flexibility index (Phi) is 3.83. The molecule has 21 heavy (non-hydrogen) atoms. The summed E-state index contributed by atoms with van der Waals surface area (Å²) >= 11 is 0. The summed E-state index contributed by atoms with van der Waals surface area (Å²) in [5.41, 5.74) is -0.0315. The number of fused-ring (bicyclic) bond motifs is 2. The van der Waals surface area contributed by atoms with Crippen LogP contribution in [0.1, 0.15) is 43.0 Å². The molecule has 1 aliphatic heterocycles. The largest absolute Gasteiger partial charge is 0.380 e. The van der Waals surface area contributed by atoms with Crippen molar-refractivity contribution < 1.29 is 13.6 Å². The van der Waals surface area contributed by atoms with E-state index < -0.39 is 11.6 Å². The zero-order valence-electron chi connectivity index (χ0n) is 12.2. The summed E-state index contributed by atoms with van der Waals surface area (Å²) in [5.74, 6) is -1.08. The summed E-state index contributed by atoms with van der Waals surface area (Å²) in [5, 5.41) is 2.72. The van der Waals surface area contributed by atoms with Crippen LogP contribution in [0.25, 0.3) is 0 Å². The Balaban J connectivity index is 1.81. The summed E-state index contributed by atoms with van der Waals surface area (Å²) in [6.07, 6.45) is 3.98. The van der Waals surface area contributed by atoms with Crippen LogP contribution in [0.3, 0.4) is 0 Å². The average Bonchev–Trinajstić information content (AvgIpc) is 3.08. The molecule has 3 nitrogen and oxygen atoms in total. The zero-order chi connectivity index (χ0) is 15.0. The molecular formula is C16H20F2N2O. The van der Waals surface area contributed by atoms with Crippen LogP contribution >= 0.6 is 0 Å². The molecule has 2 atom stereocenters. The van der Waals surface area contributed by atoms with E-state index >= 15 is 0 Å². The van der Waals surface area contributed by atoms with Gasteiger partial charge in [-0.2, -0.15) is 0 Å². The van der Waals surface area contributed by atoms with Gasteiger partial charge in [0.05, 0.1) is 0 Å². The molecule has 1 saturated carbocycles. The zero-order valence-corrected chi connectivity index (χ0v) is 12.2. The lowest BCUT2D eigenvalue weighted by molar-refractivity contribution is 0.0702. The van der Waals surface area contributed by atoms with Gasteiger partial charge in [0, 0.05) is 24.7 Å². The topological polar surface area (TPSA) is 32.3 Å². The third-order valence-electron chi connectivity index (χ3n) is 4.51. The molecule has 2 aliphatic rings. The second-order valence-corrected chi connectivity index (χ2v) is 6.03. The maximum absolute atomic E-state index is 14.0. The number of carbonyl (C=O) groups excluding carboxylic acids is 1. The molecule has 2 unspecified atom stereocenters. The minimum absolute atomic E-state index is 0.111. The molecule has 1 amide bonds. The van der Waals surface area contributed by atoms with Gasteiger partial charge in [0.25, 0.3) is 5.91 Å². The summed E-state index contributed by atoms with van der Waals surface area (Å²) in [7, 11) is 0. The number of hydrogen-bond acceptors (Lipinski definition) is 2. The quantitative estimate of drug-likeness (QED) is 0.923. The Morgan fingerprint density at radius 3 is 2.57 bits per heavy atom. The van der Waals surface area contributed by atoms with Crippen molar-refractivity contribution in [3.63, 3.8) is 0 Å². The number of benzene rings is 1. The minimum Gasteiger partial charge on any atom is -0.380 e. The van der Waals surface area contributed by atoms with Crippen molar-refractivity contribution in [1.29, 1.82) is 0 Å². The summed E-state index contributed by atoms with van der Waals surface area (Å²) < 4.78 is 28.0. The van der Waals surface area contributed by atoms with Gasteiger partial charge >= 0.3 is 0 Å². The van der Waals surface area contributed by atoms with E-state index in [1.165, 1.54) is 0 Å². The summed E-state index contributed by atoms with van der Waals surface area (Å²) in [6, 6.07) is 2.55. The van der Waals surface area contributed by atoms with Gasteiger partial charge in [-0.25, -0.2) is 8.78 Å². The Morgan fingerprint density at radius 1 is 1.33 bits per heavy atom. The molecule has 2 bridgehead atoms. The van der Waals surface area contributed by atoms with Crippen LogP contribution in [0, 0.1) is 17.6 Å². The SMILES string of the molecule is CCCNc1c(F)cc(C(=O)N2CC3CCC2C3)cc1F. The first-order chi connectivity index (χ1) is 10.1. The van der Waals surface area contributed by atoms with Crippen LogP contribution in [-0.2, 0) is 0 Å². The lowest BCUT2D eigenvalue weighted by Crippen LogP contribution is -2.37. The molecule has 114 valence electrons.